The molecule has 0 radical (unpaired) electrons. The van der Waals surface area contributed by atoms with Gasteiger partial charge in [-0.15, -0.1) is 6.58 Å². The van der Waals surface area contributed by atoms with E-state index >= 15 is 0 Å². The number of hydrogen-bond acceptors (Lipinski definition) is 2. The van der Waals surface area contributed by atoms with Crippen molar-refractivity contribution < 1.29 is 9.53 Å². The Hall–Kier alpha value is -1.57. The SMILES string of the molecule is C=CC[C@H](C)OC(=O)c1ccccc1. The summed E-state index contributed by atoms with van der Waals surface area (Å²) in [5.74, 6) is -0.278. The van der Waals surface area contributed by atoms with E-state index < -0.39 is 0 Å². The number of carbonyl (C=O) groups excluding carboxylic acids is 1. The highest BCUT2D eigenvalue weighted by molar-refractivity contribution is 5.89. The van der Waals surface area contributed by atoms with Crippen LogP contribution >= 0.6 is 0 Å². The summed E-state index contributed by atoms with van der Waals surface area (Å²) in [6.07, 6.45) is 2.31. The van der Waals surface area contributed by atoms with Crippen molar-refractivity contribution in [2.75, 3.05) is 0 Å². The molecule has 1 aromatic carbocycles. The van der Waals surface area contributed by atoms with E-state index in [0.29, 0.717) is 12.0 Å². The lowest BCUT2D eigenvalue weighted by molar-refractivity contribution is 0.0348. The molecular formula is C12H14O2. The van der Waals surface area contributed by atoms with E-state index in [1.165, 1.54) is 0 Å². The van der Waals surface area contributed by atoms with Gasteiger partial charge in [-0.3, -0.25) is 0 Å². The van der Waals surface area contributed by atoms with Crippen molar-refractivity contribution in [2.45, 2.75) is 19.4 Å². The molecule has 0 spiro atoms. The molecule has 0 aliphatic carbocycles. The summed E-state index contributed by atoms with van der Waals surface area (Å²) in [5, 5.41) is 0. The van der Waals surface area contributed by atoms with Crippen LogP contribution in [0.3, 0.4) is 0 Å². The molecule has 0 fully saturated rings. The fourth-order valence-electron chi connectivity index (χ4n) is 1.11. The van der Waals surface area contributed by atoms with Crippen LogP contribution in [0, 0.1) is 0 Å². The Labute approximate surface area is 84.2 Å². The topological polar surface area (TPSA) is 26.3 Å². The lowest BCUT2D eigenvalue weighted by Gasteiger charge is -2.10. The largest absolute Gasteiger partial charge is 0.459 e. The molecule has 1 atom stereocenters. The predicted octanol–water partition coefficient (Wildman–Crippen LogP) is 2.81. The number of carbonyl (C=O) groups is 1. The standard InChI is InChI=1S/C12H14O2/c1-3-7-10(2)14-12(13)11-8-5-4-6-9-11/h3-6,8-10H,1,7H2,2H3/t10-/m0/s1. The molecule has 14 heavy (non-hydrogen) atoms. The molecule has 0 unspecified atom stereocenters. The fraction of sp³-hybridized carbons (Fsp3) is 0.250. The highest BCUT2D eigenvalue weighted by Gasteiger charge is 2.09. The van der Waals surface area contributed by atoms with Crippen molar-refractivity contribution in [3.63, 3.8) is 0 Å². The quantitative estimate of drug-likeness (QED) is 0.539. The average molecular weight is 190 g/mol. The van der Waals surface area contributed by atoms with Crippen LogP contribution in [0.2, 0.25) is 0 Å². The maximum Gasteiger partial charge on any atom is 0.338 e. The van der Waals surface area contributed by atoms with Gasteiger partial charge in [-0.1, -0.05) is 24.3 Å². The summed E-state index contributed by atoms with van der Waals surface area (Å²) < 4.78 is 5.17. The van der Waals surface area contributed by atoms with Gasteiger partial charge in [0.15, 0.2) is 0 Å². The summed E-state index contributed by atoms with van der Waals surface area (Å²) in [4.78, 5) is 11.5. The summed E-state index contributed by atoms with van der Waals surface area (Å²) in [6, 6.07) is 8.97. The summed E-state index contributed by atoms with van der Waals surface area (Å²) in [5.41, 5.74) is 0.586. The second-order valence-corrected chi connectivity index (χ2v) is 3.11. The molecule has 0 aliphatic rings. The van der Waals surface area contributed by atoms with E-state index in [9.17, 15) is 4.79 Å². The van der Waals surface area contributed by atoms with Crippen molar-refractivity contribution in [3.8, 4) is 0 Å². The lowest BCUT2D eigenvalue weighted by Crippen LogP contribution is -2.14. The molecule has 0 saturated carbocycles. The van der Waals surface area contributed by atoms with Crippen molar-refractivity contribution in [3.05, 3.63) is 48.6 Å². The van der Waals surface area contributed by atoms with Gasteiger partial charge in [0.1, 0.15) is 6.10 Å². The number of rotatable bonds is 4. The van der Waals surface area contributed by atoms with Gasteiger partial charge >= 0.3 is 5.97 Å². The van der Waals surface area contributed by atoms with Crippen molar-refractivity contribution in [1.29, 1.82) is 0 Å². The second-order valence-electron chi connectivity index (χ2n) is 3.11. The molecule has 0 aliphatic heterocycles. The van der Waals surface area contributed by atoms with Crippen LogP contribution in [0.4, 0.5) is 0 Å². The van der Waals surface area contributed by atoms with Gasteiger partial charge < -0.3 is 4.74 Å². The maximum atomic E-state index is 11.5. The normalized spacial score (nSPS) is 11.8. The van der Waals surface area contributed by atoms with E-state index in [1.54, 1.807) is 18.2 Å². The first kappa shape index (κ1) is 10.5. The predicted molar refractivity (Wildman–Crippen MR) is 56.1 cm³/mol. The number of esters is 1. The summed E-state index contributed by atoms with van der Waals surface area (Å²) >= 11 is 0. The highest BCUT2D eigenvalue weighted by atomic mass is 16.5. The Morgan fingerprint density at radius 2 is 2.14 bits per heavy atom. The van der Waals surface area contributed by atoms with Crippen LogP contribution in [-0.4, -0.2) is 12.1 Å². The molecule has 1 rings (SSSR count). The molecule has 2 heteroatoms. The maximum absolute atomic E-state index is 11.5. The molecule has 0 bridgehead atoms. The van der Waals surface area contributed by atoms with E-state index in [0.717, 1.165) is 0 Å². The lowest BCUT2D eigenvalue weighted by atomic mass is 10.2. The average Bonchev–Trinajstić information content (AvgIpc) is 2.19. The van der Waals surface area contributed by atoms with Gasteiger partial charge in [0.2, 0.25) is 0 Å². The molecule has 74 valence electrons. The van der Waals surface area contributed by atoms with E-state index in [2.05, 4.69) is 6.58 Å². The minimum absolute atomic E-state index is 0.111. The van der Waals surface area contributed by atoms with E-state index in [-0.39, 0.29) is 12.1 Å². The van der Waals surface area contributed by atoms with Gasteiger partial charge in [-0.2, -0.15) is 0 Å². The monoisotopic (exact) mass is 190 g/mol. The van der Waals surface area contributed by atoms with Crippen LogP contribution in [0.15, 0.2) is 43.0 Å². The van der Waals surface area contributed by atoms with Gasteiger partial charge in [-0.25, -0.2) is 4.79 Å². The molecule has 0 amide bonds. The number of benzene rings is 1. The number of hydrogen-bond donors (Lipinski definition) is 0. The zero-order valence-electron chi connectivity index (χ0n) is 8.27. The Morgan fingerprint density at radius 3 is 2.71 bits per heavy atom. The molecule has 2 nitrogen and oxygen atoms in total. The van der Waals surface area contributed by atoms with E-state index in [4.69, 9.17) is 4.74 Å². The Balaban J connectivity index is 2.55. The molecule has 0 N–H and O–H groups in total. The zero-order valence-corrected chi connectivity index (χ0v) is 8.27. The van der Waals surface area contributed by atoms with Gasteiger partial charge in [-0.05, 0) is 19.1 Å². The van der Waals surface area contributed by atoms with Crippen LogP contribution in [0.25, 0.3) is 0 Å². The van der Waals surface area contributed by atoms with Crippen molar-refractivity contribution in [2.24, 2.45) is 0 Å². The smallest absolute Gasteiger partial charge is 0.338 e. The fourth-order valence-corrected chi connectivity index (χ4v) is 1.11. The minimum atomic E-state index is -0.278. The van der Waals surface area contributed by atoms with Gasteiger partial charge in [0, 0.05) is 6.42 Å². The molecule has 0 saturated heterocycles. The third-order valence-corrected chi connectivity index (χ3v) is 1.82. The third kappa shape index (κ3) is 3.05. The van der Waals surface area contributed by atoms with Gasteiger partial charge in [0.25, 0.3) is 0 Å². The summed E-state index contributed by atoms with van der Waals surface area (Å²) in [7, 11) is 0. The minimum Gasteiger partial charge on any atom is -0.459 e. The summed E-state index contributed by atoms with van der Waals surface area (Å²) in [6.45, 7) is 5.44. The van der Waals surface area contributed by atoms with Crippen molar-refractivity contribution >= 4 is 5.97 Å². The number of ether oxygens (including phenoxy) is 1. The second kappa shape index (κ2) is 5.22. The van der Waals surface area contributed by atoms with Crippen LogP contribution in [0.1, 0.15) is 23.7 Å². The van der Waals surface area contributed by atoms with Crippen LogP contribution < -0.4 is 0 Å². The molecule has 0 heterocycles. The molecule has 1 aromatic rings. The Morgan fingerprint density at radius 1 is 1.50 bits per heavy atom. The third-order valence-electron chi connectivity index (χ3n) is 1.82. The Kier molecular flexibility index (Phi) is 3.92. The first-order valence-electron chi connectivity index (χ1n) is 4.61. The molecular weight excluding hydrogens is 176 g/mol. The van der Waals surface area contributed by atoms with Crippen molar-refractivity contribution in [1.82, 2.24) is 0 Å². The Bertz CT molecular complexity index is 303. The molecule has 0 aromatic heterocycles. The van der Waals surface area contributed by atoms with Crippen LogP contribution in [0.5, 0.6) is 0 Å². The van der Waals surface area contributed by atoms with Gasteiger partial charge in [0.05, 0.1) is 5.56 Å². The zero-order chi connectivity index (χ0) is 10.4. The first-order valence-corrected chi connectivity index (χ1v) is 4.61. The van der Waals surface area contributed by atoms with Crippen LogP contribution in [-0.2, 0) is 4.74 Å². The van der Waals surface area contributed by atoms with E-state index in [1.807, 2.05) is 25.1 Å². The first-order chi connectivity index (χ1) is 6.74. The highest BCUT2D eigenvalue weighted by Crippen LogP contribution is 2.05.